The lowest BCUT2D eigenvalue weighted by Crippen LogP contribution is -2.31. The van der Waals surface area contributed by atoms with Crippen molar-refractivity contribution in [1.82, 2.24) is 0 Å². The van der Waals surface area contributed by atoms with Crippen molar-refractivity contribution in [3.05, 3.63) is 29.8 Å². The second kappa shape index (κ2) is 5.39. The maximum atomic E-state index is 7.48. The minimum atomic E-state index is -0.184. The van der Waals surface area contributed by atoms with Crippen LogP contribution in [0.5, 0.6) is 0 Å². The molecule has 0 amide bonds. The van der Waals surface area contributed by atoms with Gasteiger partial charge in [0.1, 0.15) is 0 Å². The molecule has 0 unspecified atom stereocenters. The minimum Gasteiger partial charge on any atom is -0.387 e. The summed E-state index contributed by atoms with van der Waals surface area (Å²) in [6.45, 7) is 6.14. The van der Waals surface area contributed by atoms with Gasteiger partial charge in [-0.15, -0.1) is 11.8 Å². The number of rotatable bonds is 5. The van der Waals surface area contributed by atoms with E-state index in [2.05, 4.69) is 31.2 Å². The largest absolute Gasteiger partial charge is 0.387 e. The van der Waals surface area contributed by atoms with Crippen LogP contribution in [0.4, 0.5) is 0 Å². The first kappa shape index (κ1) is 13.1. The molecular formula is C13H20N2S. The number of benzene rings is 1. The molecule has 0 saturated heterocycles. The second-order valence-electron chi connectivity index (χ2n) is 4.71. The smallest absolute Gasteiger partial charge is 0.0963 e. The highest BCUT2D eigenvalue weighted by molar-refractivity contribution is 7.99. The summed E-state index contributed by atoms with van der Waals surface area (Å²) in [5.74, 6) is 1.27. The lowest BCUT2D eigenvalue weighted by molar-refractivity contribution is 0.500. The molecule has 3 N–H and O–H groups in total. The third-order valence-corrected chi connectivity index (χ3v) is 3.71. The summed E-state index contributed by atoms with van der Waals surface area (Å²) in [5, 5.41) is 7.48. The lowest BCUT2D eigenvalue weighted by Gasteiger charge is -2.22. The number of nitrogens with one attached hydrogen (secondary N) is 1. The average Bonchev–Trinajstić information content (AvgIpc) is 2.17. The summed E-state index contributed by atoms with van der Waals surface area (Å²) in [6.07, 6.45) is 0.931. The van der Waals surface area contributed by atoms with Crippen molar-refractivity contribution in [3.63, 3.8) is 0 Å². The molecule has 16 heavy (non-hydrogen) atoms. The van der Waals surface area contributed by atoms with Crippen molar-refractivity contribution in [3.8, 4) is 0 Å². The molecule has 0 bridgehead atoms. The predicted molar refractivity (Wildman–Crippen MR) is 72.2 cm³/mol. The van der Waals surface area contributed by atoms with Crippen molar-refractivity contribution in [1.29, 1.82) is 5.41 Å². The minimum absolute atomic E-state index is 0.184. The Morgan fingerprint density at radius 2 is 2.12 bits per heavy atom. The van der Waals surface area contributed by atoms with Crippen LogP contribution in [0.3, 0.4) is 0 Å². The lowest BCUT2D eigenvalue weighted by atomic mass is 9.89. The van der Waals surface area contributed by atoms with Gasteiger partial charge in [0.05, 0.1) is 5.84 Å². The van der Waals surface area contributed by atoms with E-state index in [1.54, 1.807) is 0 Å². The van der Waals surface area contributed by atoms with Crippen molar-refractivity contribution in [2.24, 2.45) is 11.1 Å². The zero-order valence-electron chi connectivity index (χ0n) is 10.2. The van der Waals surface area contributed by atoms with Gasteiger partial charge in [-0.25, -0.2) is 0 Å². The third kappa shape index (κ3) is 3.89. The van der Waals surface area contributed by atoms with E-state index in [9.17, 15) is 0 Å². The normalized spacial score (nSPS) is 11.4. The van der Waals surface area contributed by atoms with Gasteiger partial charge in [0.15, 0.2) is 0 Å². The molecule has 0 aromatic heterocycles. The van der Waals surface area contributed by atoms with E-state index in [0.717, 1.165) is 12.2 Å². The standard InChI is InChI=1S/C13H20N2S/c1-10-5-4-6-11(9-10)16-8-7-13(2,3)12(14)15/h4-6,9H,7-8H2,1-3H3,(H3,14,15). The van der Waals surface area contributed by atoms with Gasteiger partial charge in [-0.1, -0.05) is 31.5 Å². The number of hydrogen-bond donors (Lipinski definition) is 2. The Balaban J connectivity index is 2.45. The zero-order valence-corrected chi connectivity index (χ0v) is 11.0. The fourth-order valence-corrected chi connectivity index (χ4v) is 2.56. The molecule has 0 aliphatic rings. The first-order valence-corrected chi connectivity index (χ1v) is 6.44. The van der Waals surface area contributed by atoms with E-state index in [1.165, 1.54) is 10.5 Å². The Labute approximate surface area is 102 Å². The summed E-state index contributed by atoms with van der Waals surface area (Å²) in [5.41, 5.74) is 6.65. The Morgan fingerprint density at radius 3 is 2.69 bits per heavy atom. The van der Waals surface area contributed by atoms with Gasteiger partial charge in [-0.2, -0.15) is 0 Å². The van der Waals surface area contributed by atoms with E-state index in [-0.39, 0.29) is 11.3 Å². The van der Waals surface area contributed by atoms with Gasteiger partial charge in [-0.3, -0.25) is 5.41 Å². The quantitative estimate of drug-likeness (QED) is 0.467. The molecule has 2 nitrogen and oxygen atoms in total. The van der Waals surface area contributed by atoms with Crippen molar-refractivity contribution < 1.29 is 0 Å². The van der Waals surface area contributed by atoms with Crippen LogP contribution < -0.4 is 5.73 Å². The van der Waals surface area contributed by atoms with E-state index >= 15 is 0 Å². The fraction of sp³-hybridized carbons (Fsp3) is 0.462. The highest BCUT2D eigenvalue weighted by Gasteiger charge is 2.20. The molecule has 3 heteroatoms. The van der Waals surface area contributed by atoms with Crippen LogP contribution in [0, 0.1) is 17.7 Å². The van der Waals surface area contributed by atoms with Crippen LogP contribution in [-0.2, 0) is 0 Å². The first-order chi connectivity index (χ1) is 7.42. The number of hydrogen-bond acceptors (Lipinski definition) is 2. The van der Waals surface area contributed by atoms with Crippen molar-refractivity contribution in [2.45, 2.75) is 32.1 Å². The van der Waals surface area contributed by atoms with Crippen molar-refractivity contribution >= 4 is 17.6 Å². The van der Waals surface area contributed by atoms with Crippen LogP contribution in [0.2, 0.25) is 0 Å². The average molecular weight is 236 g/mol. The Bertz CT molecular complexity index is 372. The second-order valence-corrected chi connectivity index (χ2v) is 5.88. The van der Waals surface area contributed by atoms with Crippen LogP contribution >= 0.6 is 11.8 Å². The molecule has 0 aliphatic carbocycles. The Hall–Kier alpha value is -0.960. The number of nitrogens with two attached hydrogens (primary N) is 1. The Kier molecular flexibility index (Phi) is 4.42. The third-order valence-electron chi connectivity index (χ3n) is 2.71. The molecule has 0 spiro atoms. The van der Waals surface area contributed by atoms with Crippen LogP contribution in [0.1, 0.15) is 25.8 Å². The summed E-state index contributed by atoms with van der Waals surface area (Å²) >= 11 is 1.83. The summed E-state index contributed by atoms with van der Waals surface area (Å²) < 4.78 is 0. The highest BCUT2D eigenvalue weighted by Crippen LogP contribution is 2.26. The molecule has 1 aromatic carbocycles. The van der Waals surface area contributed by atoms with Gasteiger partial charge in [-0.05, 0) is 31.2 Å². The van der Waals surface area contributed by atoms with E-state index in [1.807, 2.05) is 25.6 Å². The topological polar surface area (TPSA) is 49.9 Å². The highest BCUT2D eigenvalue weighted by atomic mass is 32.2. The van der Waals surface area contributed by atoms with Gasteiger partial charge in [0, 0.05) is 10.3 Å². The first-order valence-electron chi connectivity index (χ1n) is 5.46. The Morgan fingerprint density at radius 1 is 1.44 bits per heavy atom. The maximum absolute atomic E-state index is 7.48. The van der Waals surface area contributed by atoms with Gasteiger partial charge >= 0.3 is 0 Å². The SMILES string of the molecule is Cc1cccc(SCCC(C)(C)C(=N)N)c1. The van der Waals surface area contributed by atoms with Crippen molar-refractivity contribution in [2.75, 3.05) is 5.75 Å². The molecule has 0 atom stereocenters. The molecule has 0 aliphatic heterocycles. The number of amidine groups is 1. The van der Waals surface area contributed by atoms with Crippen LogP contribution in [0.15, 0.2) is 29.2 Å². The number of thioether (sulfide) groups is 1. The predicted octanol–water partition coefficient (Wildman–Crippen LogP) is 3.44. The monoisotopic (exact) mass is 236 g/mol. The van der Waals surface area contributed by atoms with E-state index < -0.39 is 0 Å². The summed E-state index contributed by atoms with van der Waals surface area (Å²) in [4.78, 5) is 1.29. The fourth-order valence-electron chi connectivity index (χ4n) is 1.26. The molecular weight excluding hydrogens is 216 g/mol. The van der Waals surface area contributed by atoms with Crippen LogP contribution in [0.25, 0.3) is 0 Å². The van der Waals surface area contributed by atoms with Gasteiger partial charge in [0.25, 0.3) is 0 Å². The molecule has 1 aromatic rings. The summed E-state index contributed by atoms with van der Waals surface area (Å²) in [6, 6.07) is 8.49. The van der Waals surface area contributed by atoms with Gasteiger partial charge in [0.2, 0.25) is 0 Å². The molecule has 0 saturated carbocycles. The zero-order chi connectivity index (χ0) is 12.2. The number of aryl methyl sites for hydroxylation is 1. The molecule has 0 radical (unpaired) electrons. The van der Waals surface area contributed by atoms with E-state index in [0.29, 0.717) is 0 Å². The van der Waals surface area contributed by atoms with E-state index in [4.69, 9.17) is 11.1 Å². The molecule has 1 rings (SSSR count). The van der Waals surface area contributed by atoms with Gasteiger partial charge < -0.3 is 5.73 Å². The summed E-state index contributed by atoms with van der Waals surface area (Å²) in [7, 11) is 0. The molecule has 88 valence electrons. The maximum Gasteiger partial charge on any atom is 0.0963 e. The van der Waals surface area contributed by atoms with Crippen LogP contribution in [-0.4, -0.2) is 11.6 Å². The molecule has 0 heterocycles. The molecule has 0 fully saturated rings.